The van der Waals surface area contributed by atoms with Crippen molar-refractivity contribution < 1.29 is 4.79 Å². The highest BCUT2D eigenvalue weighted by molar-refractivity contribution is 6.30. The first kappa shape index (κ1) is 20.6. The molecule has 0 bridgehead atoms. The van der Waals surface area contributed by atoms with Crippen LogP contribution in [0.3, 0.4) is 0 Å². The van der Waals surface area contributed by atoms with Crippen LogP contribution in [0.1, 0.15) is 44.1 Å². The van der Waals surface area contributed by atoms with Gasteiger partial charge >= 0.3 is 0 Å². The van der Waals surface area contributed by atoms with Crippen LogP contribution < -0.4 is 10.9 Å². The van der Waals surface area contributed by atoms with E-state index in [4.69, 9.17) is 11.6 Å². The number of carbonyl (C=O) groups is 1. The van der Waals surface area contributed by atoms with Crippen molar-refractivity contribution in [2.45, 2.75) is 51.6 Å². The molecule has 1 aliphatic carbocycles. The van der Waals surface area contributed by atoms with E-state index in [9.17, 15) is 9.59 Å². The van der Waals surface area contributed by atoms with Crippen LogP contribution in [0.4, 0.5) is 0 Å². The summed E-state index contributed by atoms with van der Waals surface area (Å²) in [5.41, 5.74) is 1.37. The Bertz CT molecular complexity index is 1070. The fourth-order valence-corrected chi connectivity index (χ4v) is 4.21. The molecule has 0 saturated heterocycles. The van der Waals surface area contributed by atoms with Gasteiger partial charge in [0.15, 0.2) is 5.65 Å². The van der Waals surface area contributed by atoms with Gasteiger partial charge in [0.05, 0.1) is 19.3 Å². The second-order valence-electron chi connectivity index (χ2n) is 7.95. The molecule has 0 unspecified atom stereocenters. The molecule has 0 atom stereocenters. The summed E-state index contributed by atoms with van der Waals surface area (Å²) in [6, 6.07) is 7.37. The number of carbonyl (C=O) groups excluding carboxylic acids is 1. The van der Waals surface area contributed by atoms with Crippen LogP contribution >= 0.6 is 11.6 Å². The topological polar surface area (TPSA) is 81.8 Å². The third-order valence-corrected chi connectivity index (χ3v) is 6.04. The lowest BCUT2D eigenvalue weighted by atomic mass is 10.0. The summed E-state index contributed by atoms with van der Waals surface area (Å²) in [5, 5.41) is 8.38. The van der Waals surface area contributed by atoms with Crippen LogP contribution in [0.5, 0.6) is 0 Å². The molecule has 7 nitrogen and oxygen atoms in total. The van der Waals surface area contributed by atoms with Gasteiger partial charge in [-0.2, -0.15) is 5.10 Å². The first-order valence-corrected chi connectivity index (χ1v) is 10.9. The van der Waals surface area contributed by atoms with Crippen LogP contribution in [0, 0.1) is 5.92 Å². The Morgan fingerprint density at radius 1 is 1.20 bits per heavy atom. The molecular weight excluding hydrogens is 402 g/mol. The molecule has 4 rings (SSSR count). The molecule has 0 radical (unpaired) electrons. The van der Waals surface area contributed by atoms with E-state index in [1.54, 1.807) is 27.6 Å². The number of nitrogens with one attached hydrogen (secondary N) is 1. The number of fused-ring (bicyclic) bond motifs is 1. The summed E-state index contributed by atoms with van der Waals surface area (Å²) < 4.78 is 3.23. The lowest BCUT2D eigenvalue weighted by Gasteiger charge is -2.09. The second kappa shape index (κ2) is 9.43. The van der Waals surface area contributed by atoms with E-state index in [1.165, 1.54) is 32.0 Å². The molecule has 2 aromatic heterocycles. The number of nitrogens with zero attached hydrogens (tertiary/aromatic N) is 4. The standard InChI is InChI=1S/C22H26ClN5O2/c23-18-8-5-17(6-9-18)14-27-15-25-21-19(22(27)30)13-26-28(21)12-11-24-20(29)10-7-16-3-1-2-4-16/h5-6,8-9,13,15-16H,1-4,7,10-12,14H2,(H,24,29). The van der Waals surface area contributed by atoms with Crippen molar-refractivity contribution in [3.05, 3.63) is 57.7 Å². The first-order valence-electron chi connectivity index (χ1n) is 10.5. The molecule has 158 valence electrons. The SMILES string of the molecule is O=C(CCC1CCCC1)NCCn1ncc2c(=O)n(Cc3ccc(Cl)cc3)cnc21. The number of amides is 1. The molecule has 3 aromatic rings. The van der Waals surface area contributed by atoms with Crippen LogP contribution in [0.2, 0.25) is 5.02 Å². The Kier molecular flexibility index (Phi) is 6.47. The molecule has 1 aliphatic rings. The highest BCUT2D eigenvalue weighted by Crippen LogP contribution is 2.28. The zero-order chi connectivity index (χ0) is 20.9. The molecule has 30 heavy (non-hydrogen) atoms. The van der Waals surface area contributed by atoms with Gasteiger partial charge in [-0.3, -0.25) is 14.2 Å². The molecular formula is C22H26ClN5O2. The first-order chi connectivity index (χ1) is 14.6. The maximum Gasteiger partial charge on any atom is 0.264 e. The quantitative estimate of drug-likeness (QED) is 0.597. The Hall–Kier alpha value is -2.67. The van der Waals surface area contributed by atoms with Crippen LogP contribution in [0.15, 0.2) is 41.6 Å². The smallest absolute Gasteiger partial charge is 0.264 e. The monoisotopic (exact) mass is 427 g/mol. The van der Waals surface area contributed by atoms with Crippen molar-refractivity contribution in [2.24, 2.45) is 5.92 Å². The Balaban J connectivity index is 1.35. The Morgan fingerprint density at radius 2 is 1.97 bits per heavy atom. The van der Waals surface area contributed by atoms with Gasteiger partial charge in [-0.1, -0.05) is 49.4 Å². The number of halogens is 1. The van der Waals surface area contributed by atoms with Crippen LogP contribution in [0.25, 0.3) is 11.0 Å². The van der Waals surface area contributed by atoms with Crippen molar-refractivity contribution in [1.29, 1.82) is 0 Å². The maximum atomic E-state index is 12.8. The minimum Gasteiger partial charge on any atom is -0.354 e. The van der Waals surface area contributed by atoms with Gasteiger partial charge in [0.25, 0.3) is 5.56 Å². The number of benzene rings is 1. The number of hydrogen-bond donors (Lipinski definition) is 1. The second-order valence-corrected chi connectivity index (χ2v) is 8.38. The summed E-state index contributed by atoms with van der Waals surface area (Å²) in [7, 11) is 0. The van der Waals surface area contributed by atoms with E-state index in [2.05, 4.69) is 15.4 Å². The van der Waals surface area contributed by atoms with Crippen molar-refractivity contribution in [3.63, 3.8) is 0 Å². The predicted molar refractivity (Wildman–Crippen MR) is 117 cm³/mol. The normalized spacial score (nSPS) is 14.4. The van der Waals surface area contributed by atoms with Crippen molar-refractivity contribution in [2.75, 3.05) is 6.54 Å². The third-order valence-electron chi connectivity index (χ3n) is 5.79. The minimum absolute atomic E-state index is 0.0802. The summed E-state index contributed by atoms with van der Waals surface area (Å²) in [5.74, 6) is 0.793. The fraction of sp³-hybridized carbons (Fsp3) is 0.455. The van der Waals surface area contributed by atoms with Gasteiger partial charge in [-0.15, -0.1) is 0 Å². The average Bonchev–Trinajstić information content (AvgIpc) is 3.40. The Morgan fingerprint density at radius 3 is 2.73 bits per heavy atom. The molecule has 0 aliphatic heterocycles. The largest absolute Gasteiger partial charge is 0.354 e. The van der Waals surface area contributed by atoms with Gasteiger partial charge in [-0.25, -0.2) is 9.67 Å². The highest BCUT2D eigenvalue weighted by atomic mass is 35.5. The number of hydrogen-bond acceptors (Lipinski definition) is 4. The van der Waals surface area contributed by atoms with Crippen molar-refractivity contribution in [1.82, 2.24) is 24.6 Å². The van der Waals surface area contributed by atoms with E-state index >= 15 is 0 Å². The zero-order valence-electron chi connectivity index (χ0n) is 16.9. The summed E-state index contributed by atoms with van der Waals surface area (Å²) >= 11 is 5.92. The van der Waals surface area contributed by atoms with Crippen LogP contribution in [-0.4, -0.2) is 31.8 Å². The molecule has 8 heteroatoms. The third kappa shape index (κ3) is 4.90. The van der Waals surface area contributed by atoms with E-state index < -0.39 is 0 Å². The van der Waals surface area contributed by atoms with Gasteiger partial charge in [0.1, 0.15) is 11.7 Å². The molecule has 1 aromatic carbocycles. The highest BCUT2D eigenvalue weighted by Gasteiger charge is 2.16. The molecule has 1 amide bonds. The molecule has 1 N–H and O–H groups in total. The van der Waals surface area contributed by atoms with Gasteiger partial charge in [0.2, 0.25) is 5.91 Å². The van der Waals surface area contributed by atoms with Crippen molar-refractivity contribution >= 4 is 28.5 Å². The van der Waals surface area contributed by atoms with Gasteiger partial charge in [0, 0.05) is 18.0 Å². The maximum absolute atomic E-state index is 12.8. The molecule has 0 spiro atoms. The number of rotatable bonds is 8. The zero-order valence-corrected chi connectivity index (χ0v) is 17.6. The molecule has 1 saturated carbocycles. The van der Waals surface area contributed by atoms with Gasteiger partial charge < -0.3 is 5.32 Å². The Labute approximate surface area is 180 Å². The van der Waals surface area contributed by atoms with E-state index in [1.807, 2.05) is 12.1 Å². The minimum atomic E-state index is -0.137. The summed E-state index contributed by atoms with van der Waals surface area (Å²) in [4.78, 5) is 29.3. The van der Waals surface area contributed by atoms with E-state index in [-0.39, 0.29) is 11.5 Å². The fourth-order valence-electron chi connectivity index (χ4n) is 4.08. The average molecular weight is 428 g/mol. The van der Waals surface area contributed by atoms with E-state index in [0.29, 0.717) is 48.0 Å². The summed E-state index contributed by atoms with van der Waals surface area (Å²) in [6.07, 6.45) is 9.76. The van der Waals surface area contributed by atoms with Crippen LogP contribution in [-0.2, 0) is 17.9 Å². The lowest BCUT2D eigenvalue weighted by Crippen LogP contribution is -2.28. The van der Waals surface area contributed by atoms with E-state index in [0.717, 1.165) is 12.0 Å². The predicted octanol–water partition coefficient (Wildman–Crippen LogP) is 3.38. The molecule has 2 heterocycles. The summed E-state index contributed by atoms with van der Waals surface area (Å²) in [6.45, 7) is 1.36. The number of aromatic nitrogens is 4. The van der Waals surface area contributed by atoms with Crippen molar-refractivity contribution in [3.8, 4) is 0 Å². The lowest BCUT2D eigenvalue weighted by molar-refractivity contribution is -0.121. The van der Waals surface area contributed by atoms with Gasteiger partial charge in [-0.05, 0) is 30.0 Å². The molecule has 1 fully saturated rings.